The van der Waals surface area contributed by atoms with Gasteiger partial charge >= 0.3 is 0 Å². The van der Waals surface area contributed by atoms with Crippen LogP contribution in [0.3, 0.4) is 0 Å². The van der Waals surface area contributed by atoms with Crippen molar-refractivity contribution in [1.82, 2.24) is 10.2 Å². The number of nitrogens with two attached hydrogens (primary N) is 1. The lowest BCUT2D eigenvalue weighted by atomic mass is 10.3. The van der Waals surface area contributed by atoms with Crippen LogP contribution in [0.2, 0.25) is 0 Å². The number of aromatic nitrogens is 2. The maximum Gasteiger partial charge on any atom is 0.236 e. The Morgan fingerprint density at radius 1 is 1.58 bits per heavy atom. The lowest BCUT2D eigenvalue weighted by Gasteiger charge is -1.99. The first-order valence-electron chi connectivity index (χ1n) is 3.89. The summed E-state index contributed by atoms with van der Waals surface area (Å²) in [5.74, 6) is 0.966. The van der Waals surface area contributed by atoms with Gasteiger partial charge in [-0.25, -0.2) is 0 Å². The van der Waals surface area contributed by atoms with Crippen molar-refractivity contribution in [3.8, 4) is 0 Å². The Morgan fingerprint density at radius 2 is 2.25 bits per heavy atom. The predicted octanol–water partition coefficient (Wildman–Crippen LogP) is 1.32. The van der Waals surface area contributed by atoms with E-state index >= 15 is 0 Å². The van der Waals surface area contributed by atoms with Crippen molar-refractivity contribution < 1.29 is 4.42 Å². The number of halogens is 1. The first-order chi connectivity index (χ1) is 5.62. The maximum atomic E-state index is 5.84. The van der Waals surface area contributed by atoms with Crippen LogP contribution in [0.4, 0.5) is 0 Å². The first kappa shape index (κ1) is 8.01. The predicted molar refractivity (Wildman–Crippen MR) is 43.7 cm³/mol. The summed E-state index contributed by atoms with van der Waals surface area (Å²) in [6.07, 6.45) is 1.84. The Morgan fingerprint density at radius 3 is 2.67 bits per heavy atom. The second kappa shape index (κ2) is 2.44. The molecule has 0 bridgehead atoms. The van der Waals surface area contributed by atoms with Gasteiger partial charge in [0.05, 0.1) is 5.54 Å². The minimum atomic E-state index is -0.350. The standard InChI is InChI=1S/C7H10ClN3O/c1-4(8)5-10-11-6(12-5)7(9)2-3-7/h4H,2-3,9H2,1H3/t4-/m0/s1. The zero-order valence-corrected chi connectivity index (χ0v) is 7.51. The van der Waals surface area contributed by atoms with Crippen LogP contribution >= 0.6 is 11.6 Å². The van der Waals surface area contributed by atoms with E-state index in [9.17, 15) is 0 Å². The lowest BCUT2D eigenvalue weighted by molar-refractivity contribution is 0.409. The molecule has 1 aliphatic carbocycles. The molecule has 4 nitrogen and oxygen atoms in total. The fraction of sp³-hybridized carbons (Fsp3) is 0.714. The van der Waals surface area contributed by atoms with Crippen LogP contribution in [0.15, 0.2) is 4.42 Å². The lowest BCUT2D eigenvalue weighted by Crippen LogP contribution is -2.18. The van der Waals surface area contributed by atoms with E-state index in [0.717, 1.165) is 12.8 Å². The largest absolute Gasteiger partial charge is 0.422 e. The number of hydrogen-bond acceptors (Lipinski definition) is 4. The van der Waals surface area contributed by atoms with E-state index < -0.39 is 0 Å². The van der Waals surface area contributed by atoms with Crippen LogP contribution in [0.25, 0.3) is 0 Å². The van der Waals surface area contributed by atoms with Gasteiger partial charge in [0.25, 0.3) is 0 Å². The molecular weight excluding hydrogens is 178 g/mol. The van der Waals surface area contributed by atoms with E-state index in [1.54, 1.807) is 6.92 Å². The van der Waals surface area contributed by atoms with E-state index in [0.29, 0.717) is 11.8 Å². The molecule has 1 saturated carbocycles. The first-order valence-corrected chi connectivity index (χ1v) is 4.32. The smallest absolute Gasteiger partial charge is 0.236 e. The third-order valence-electron chi connectivity index (χ3n) is 2.00. The van der Waals surface area contributed by atoms with E-state index in [4.69, 9.17) is 21.8 Å². The molecule has 66 valence electrons. The fourth-order valence-corrected chi connectivity index (χ4v) is 1.03. The summed E-state index contributed by atoms with van der Waals surface area (Å²) in [5, 5.41) is 7.40. The molecule has 5 heteroatoms. The van der Waals surface area contributed by atoms with Crippen LogP contribution in [0.5, 0.6) is 0 Å². The minimum Gasteiger partial charge on any atom is -0.422 e. The molecule has 1 heterocycles. The summed E-state index contributed by atoms with van der Waals surface area (Å²) < 4.78 is 5.29. The Labute approximate surface area is 75.1 Å². The van der Waals surface area contributed by atoms with Gasteiger partial charge in [-0.3, -0.25) is 0 Å². The molecule has 1 fully saturated rings. The Kier molecular flexibility index (Phi) is 1.63. The van der Waals surface area contributed by atoms with Crippen molar-refractivity contribution in [2.75, 3.05) is 0 Å². The fourth-order valence-electron chi connectivity index (χ4n) is 0.945. The molecule has 0 amide bonds. The van der Waals surface area contributed by atoms with Gasteiger partial charge in [0.2, 0.25) is 11.8 Å². The number of rotatable bonds is 2. The van der Waals surface area contributed by atoms with Crippen LogP contribution in [0, 0.1) is 0 Å². The van der Waals surface area contributed by atoms with E-state index in [1.807, 2.05) is 0 Å². The summed E-state index contributed by atoms with van der Waals surface area (Å²) in [4.78, 5) is 0. The summed E-state index contributed by atoms with van der Waals surface area (Å²) >= 11 is 5.75. The molecule has 12 heavy (non-hydrogen) atoms. The molecule has 0 radical (unpaired) electrons. The van der Waals surface area contributed by atoms with Crippen molar-refractivity contribution in [3.05, 3.63) is 11.8 Å². The molecule has 0 aliphatic heterocycles. The normalized spacial score (nSPS) is 22.2. The van der Waals surface area contributed by atoms with Gasteiger partial charge in [-0.05, 0) is 19.8 Å². The molecule has 1 aromatic rings. The summed E-state index contributed by atoms with van der Waals surface area (Å²) in [6, 6.07) is 0. The third-order valence-corrected chi connectivity index (χ3v) is 2.18. The molecule has 0 spiro atoms. The van der Waals surface area contributed by atoms with Gasteiger partial charge < -0.3 is 10.2 Å². The molecule has 1 atom stereocenters. The zero-order valence-electron chi connectivity index (χ0n) is 6.75. The Bertz CT molecular complexity index is 293. The van der Waals surface area contributed by atoms with Crippen LogP contribution in [0.1, 0.15) is 36.9 Å². The number of hydrogen-bond donors (Lipinski definition) is 1. The Hall–Kier alpha value is -0.610. The highest BCUT2D eigenvalue weighted by Gasteiger charge is 2.45. The van der Waals surface area contributed by atoms with E-state index in [-0.39, 0.29) is 10.9 Å². The zero-order chi connectivity index (χ0) is 8.77. The molecule has 1 aromatic heterocycles. The molecule has 2 rings (SSSR count). The maximum absolute atomic E-state index is 5.84. The topological polar surface area (TPSA) is 64.9 Å². The van der Waals surface area contributed by atoms with Crippen molar-refractivity contribution in [2.24, 2.45) is 5.73 Å². The van der Waals surface area contributed by atoms with Crippen LogP contribution in [-0.4, -0.2) is 10.2 Å². The highest BCUT2D eigenvalue weighted by atomic mass is 35.5. The molecule has 2 N–H and O–H groups in total. The van der Waals surface area contributed by atoms with E-state index in [2.05, 4.69) is 10.2 Å². The molecular formula is C7H10ClN3O. The van der Waals surface area contributed by atoms with Crippen molar-refractivity contribution >= 4 is 11.6 Å². The SMILES string of the molecule is C[C@H](Cl)c1nnc(C2(N)CC2)o1. The average molecular weight is 188 g/mol. The van der Waals surface area contributed by atoms with Gasteiger partial charge in [0.1, 0.15) is 5.38 Å². The Balaban J connectivity index is 2.25. The van der Waals surface area contributed by atoms with Gasteiger partial charge in [-0.1, -0.05) is 0 Å². The van der Waals surface area contributed by atoms with Crippen molar-refractivity contribution in [1.29, 1.82) is 0 Å². The molecule has 0 saturated heterocycles. The second-order valence-electron chi connectivity index (χ2n) is 3.22. The average Bonchev–Trinajstić information content (AvgIpc) is 2.61. The van der Waals surface area contributed by atoms with Crippen molar-refractivity contribution in [2.45, 2.75) is 30.7 Å². The highest BCUT2D eigenvalue weighted by molar-refractivity contribution is 6.20. The molecule has 0 unspecified atom stereocenters. The second-order valence-corrected chi connectivity index (χ2v) is 3.87. The summed E-state index contributed by atoms with van der Waals surface area (Å²) in [5.41, 5.74) is 5.49. The van der Waals surface area contributed by atoms with Crippen molar-refractivity contribution in [3.63, 3.8) is 0 Å². The third kappa shape index (κ3) is 1.21. The van der Waals surface area contributed by atoms with Gasteiger partial charge in [-0.2, -0.15) is 0 Å². The summed E-state index contributed by atoms with van der Waals surface area (Å²) in [6.45, 7) is 1.79. The highest BCUT2D eigenvalue weighted by Crippen LogP contribution is 2.42. The van der Waals surface area contributed by atoms with Gasteiger partial charge in [-0.15, -0.1) is 21.8 Å². The van der Waals surface area contributed by atoms with Gasteiger partial charge in [0, 0.05) is 0 Å². The quantitative estimate of drug-likeness (QED) is 0.710. The van der Waals surface area contributed by atoms with Gasteiger partial charge in [0.15, 0.2) is 0 Å². The molecule has 0 aromatic carbocycles. The number of nitrogens with zero attached hydrogens (tertiary/aromatic N) is 2. The van der Waals surface area contributed by atoms with Crippen LogP contribution < -0.4 is 5.73 Å². The number of alkyl halides is 1. The molecule has 1 aliphatic rings. The summed E-state index contributed by atoms with van der Waals surface area (Å²) in [7, 11) is 0. The van der Waals surface area contributed by atoms with E-state index in [1.165, 1.54) is 0 Å². The minimum absolute atomic E-state index is 0.242. The monoisotopic (exact) mass is 187 g/mol. The van der Waals surface area contributed by atoms with Crippen LogP contribution in [-0.2, 0) is 5.54 Å².